The first-order chi connectivity index (χ1) is 19.5. The van der Waals surface area contributed by atoms with E-state index in [1.54, 1.807) is 34.5 Å². The molecule has 2 aliphatic heterocycles. The van der Waals surface area contributed by atoms with E-state index < -0.39 is 33.2 Å². The number of carbonyl (C=O) groups is 1. The number of halogens is 3. The van der Waals surface area contributed by atoms with E-state index in [2.05, 4.69) is 61.0 Å². The second kappa shape index (κ2) is 13.9. The third-order valence-corrected chi connectivity index (χ3v) is 12.1. The van der Waals surface area contributed by atoms with Crippen LogP contribution < -0.4 is 10.6 Å². The molecule has 10 nitrogen and oxygen atoms in total. The van der Waals surface area contributed by atoms with E-state index >= 15 is 0 Å². The van der Waals surface area contributed by atoms with Gasteiger partial charge in [0.2, 0.25) is 0 Å². The Labute approximate surface area is 251 Å². The fourth-order valence-electron chi connectivity index (χ4n) is 4.02. The summed E-state index contributed by atoms with van der Waals surface area (Å²) < 4.78 is 58.9. The van der Waals surface area contributed by atoms with Crippen molar-refractivity contribution in [3.8, 4) is 11.8 Å². The van der Waals surface area contributed by atoms with Crippen LogP contribution in [0.1, 0.15) is 44.5 Å². The summed E-state index contributed by atoms with van der Waals surface area (Å²) in [4.78, 5) is 21.9. The normalized spacial score (nSPS) is 20.9. The minimum atomic E-state index is -4.98. The molecule has 42 heavy (non-hydrogen) atoms. The Morgan fingerprint density at radius 1 is 1.38 bits per heavy atom. The van der Waals surface area contributed by atoms with Crippen molar-refractivity contribution in [1.29, 1.82) is 0 Å². The number of anilines is 1. The van der Waals surface area contributed by atoms with E-state index in [4.69, 9.17) is 13.9 Å². The number of thioether (sulfide) groups is 1. The molecule has 3 rings (SSSR count). The quantitative estimate of drug-likeness (QED) is 0.138. The van der Waals surface area contributed by atoms with E-state index in [1.807, 2.05) is 24.9 Å². The van der Waals surface area contributed by atoms with E-state index in [0.29, 0.717) is 41.7 Å². The minimum absolute atomic E-state index is 0.0417. The topological polar surface area (TPSA) is 102 Å². The van der Waals surface area contributed by atoms with E-state index in [-0.39, 0.29) is 23.9 Å². The average Bonchev–Trinajstić information content (AvgIpc) is 3.47. The Morgan fingerprint density at radius 2 is 2.10 bits per heavy atom. The largest absolute Gasteiger partial charge is 0.471 e. The molecule has 0 aliphatic carbocycles. The number of amides is 1. The fourth-order valence-corrected chi connectivity index (χ4v) is 5.34. The smallest absolute Gasteiger partial charge is 0.414 e. The number of alkyl halides is 3. The standard InChI is InChI=1S/C27H41F3N6O4SSi/c1-26(2,3)42(7,8)39-14-20-19(38-17-41-6)12-21(40-20)36-13-18(10-9-11-31-25(37)27(28,29)30)22-23(34-16-35(4)5)32-15-33-24(22)36/h13,16,19-21,33H,11-12,14-15,17H2,1-8H3,(H,31,37)/b34-16+/t19-,20+,21+/m0/s1. The second-order valence-corrected chi connectivity index (χ2v) is 17.4. The van der Waals surface area contributed by atoms with Crippen LogP contribution >= 0.6 is 11.8 Å². The van der Waals surface area contributed by atoms with Gasteiger partial charge in [-0.25, -0.2) is 9.98 Å². The van der Waals surface area contributed by atoms with Gasteiger partial charge < -0.3 is 34.0 Å². The maximum atomic E-state index is 12.6. The predicted molar refractivity (Wildman–Crippen MR) is 163 cm³/mol. The van der Waals surface area contributed by atoms with Gasteiger partial charge in [-0.2, -0.15) is 13.2 Å². The molecule has 0 radical (unpaired) electrons. The third-order valence-electron chi connectivity index (χ3n) is 7.27. The summed E-state index contributed by atoms with van der Waals surface area (Å²) >= 11 is 1.58. The maximum Gasteiger partial charge on any atom is 0.471 e. The number of aliphatic imine (C=N–C) groups is 2. The number of nitrogens with zero attached hydrogens (tertiary/aromatic N) is 4. The van der Waals surface area contributed by atoms with Crippen molar-refractivity contribution < 1.29 is 31.9 Å². The molecule has 1 amide bonds. The zero-order chi connectivity index (χ0) is 31.3. The Bertz CT molecular complexity index is 1230. The van der Waals surface area contributed by atoms with E-state index in [0.717, 1.165) is 0 Å². The number of rotatable bonds is 9. The van der Waals surface area contributed by atoms with Crippen LogP contribution in [0.2, 0.25) is 18.1 Å². The fraction of sp³-hybridized carbons (Fsp3) is 0.667. The van der Waals surface area contributed by atoms with Crippen LogP contribution in [0.5, 0.6) is 0 Å². The molecule has 1 aromatic rings. The van der Waals surface area contributed by atoms with Crippen molar-refractivity contribution in [2.75, 3.05) is 51.4 Å². The molecule has 3 heterocycles. The molecule has 0 aromatic carbocycles. The number of amidine groups is 1. The summed E-state index contributed by atoms with van der Waals surface area (Å²) in [6.45, 7) is 11.1. The highest BCUT2D eigenvalue weighted by Crippen LogP contribution is 2.40. The third kappa shape index (κ3) is 8.53. The highest BCUT2D eigenvalue weighted by atomic mass is 32.2. The Hall–Kier alpha value is -2.51. The van der Waals surface area contributed by atoms with Gasteiger partial charge >= 0.3 is 12.1 Å². The summed E-state index contributed by atoms with van der Waals surface area (Å²) in [6, 6.07) is 0. The molecular weight excluding hydrogens is 589 g/mol. The maximum absolute atomic E-state index is 12.6. The molecule has 2 N–H and O–H groups in total. The first-order valence-corrected chi connectivity index (χ1v) is 17.8. The molecule has 2 aliphatic rings. The summed E-state index contributed by atoms with van der Waals surface area (Å²) in [6.07, 6.45) is -0.00767. The number of ether oxygens (including phenoxy) is 2. The number of aromatic nitrogens is 1. The first-order valence-electron chi connectivity index (χ1n) is 13.5. The van der Waals surface area contributed by atoms with Crippen LogP contribution in [-0.4, -0.2) is 100 Å². The molecule has 0 saturated carbocycles. The number of nitrogens with one attached hydrogen (secondary N) is 2. The molecule has 0 unspecified atom stereocenters. The molecule has 15 heteroatoms. The van der Waals surface area contributed by atoms with Gasteiger partial charge in [-0.1, -0.05) is 32.6 Å². The lowest BCUT2D eigenvalue weighted by Gasteiger charge is -2.37. The number of fused-ring (bicyclic) bond motifs is 1. The number of carbonyl (C=O) groups excluding carboxylic acids is 1. The van der Waals surface area contributed by atoms with Crippen molar-refractivity contribution in [2.24, 2.45) is 9.98 Å². The molecular formula is C27H41F3N6O4SSi. The summed E-state index contributed by atoms with van der Waals surface area (Å²) in [5.74, 6) is 5.07. The van der Waals surface area contributed by atoms with Crippen molar-refractivity contribution in [3.63, 3.8) is 0 Å². The van der Waals surface area contributed by atoms with Crippen LogP contribution in [0.3, 0.4) is 0 Å². The van der Waals surface area contributed by atoms with Gasteiger partial charge in [-0.15, -0.1) is 11.8 Å². The van der Waals surface area contributed by atoms with Crippen LogP contribution in [0.25, 0.3) is 0 Å². The van der Waals surface area contributed by atoms with Crippen LogP contribution in [-0.2, 0) is 18.7 Å². The molecule has 1 saturated heterocycles. The molecule has 3 atom stereocenters. The summed E-state index contributed by atoms with van der Waals surface area (Å²) in [5, 5.41) is 5.09. The zero-order valence-corrected chi connectivity index (χ0v) is 27.2. The second-order valence-electron chi connectivity index (χ2n) is 11.7. The van der Waals surface area contributed by atoms with Gasteiger partial charge in [0.25, 0.3) is 0 Å². The van der Waals surface area contributed by atoms with Crippen molar-refractivity contribution in [3.05, 3.63) is 17.3 Å². The summed E-state index contributed by atoms with van der Waals surface area (Å²) in [7, 11) is 1.62. The Morgan fingerprint density at radius 3 is 2.71 bits per heavy atom. The van der Waals surface area contributed by atoms with Crippen molar-refractivity contribution >= 4 is 44.0 Å². The zero-order valence-electron chi connectivity index (χ0n) is 25.4. The Kier molecular flexibility index (Phi) is 11.2. The average molecular weight is 631 g/mol. The molecule has 234 valence electrons. The van der Waals surface area contributed by atoms with Gasteiger partial charge in [0, 0.05) is 26.7 Å². The van der Waals surface area contributed by atoms with Gasteiger partial charge in [-0.3, -0.25) is 4.79 Å². The van der Waals surface area contributed by atoms with Crippen LogP contribution in [0, 0.1) is 11.8 Å². The van der Waals surface area contributed by atoms with Crippen LogP contribution in [0.4, 0.5) is 19.0 Å². The van der Waals surface area contributed by atoms with Gasteiger partial charge in [0.05, 0.1) is 42.7 Å². The van der Waals surface area contributed by atoms with Gasteiger partial charge in [-0.05, 0) is 24.4 Å². The SMILES string of the molecule is CSCO[C@H]1C[C@H](n2cc(C#CCNC(=O)C(F)(F)F)c3c2NCN=C3/N=C/N(C)C)O[C@@H]1CO[Si](C)(C)C(C)(C)C. The highest BCUT2D eigenvalue weighted by Gasteiger charge is 2.43. The summed E-state index contributed by atoms with van der Waals surface area (Å²) in [5.41, 5.74) is 1.08. The number of hydrogen-bond acceptors (Lipinski definition) is 8. The van der Waals surface area contributed by atoms with Crippen molar-refractivity contribution in [1.82, 2.24) is 14.8 Å². The number of hydrogen-bond donors (Lipinski definition) is 2. The molecule has 0 spiro atoms. The molecule has 1 aromatic heterocycles. The highest BCUT2D eigenvalue weighted by molar-refractivity contribution is 7.98. The predicted octanol–water partition coefficient (Wildman–Crippen LogP) is 4.25. The lowest BCUT2D eigenvalue weighted by atomic mass is 10.1. The lowest BCUT2D eigenvalue weighted by molar-refractivity contribution is -0.173. The lowest BCUT2D eigenvalue weighted by Crippen LogP contribution is -2.44. The van der Waals surface area contributed by atoms with Gasteiger partial charge in [0.1, 0.15) is 24.8 Å². The van der Waals surface area contributed by atoms with E-state index in [9.17, 15) is 18.0 Å². The Balaban J connectivity index is 1.93. The van der Waals surface area contributed by atoms with E-state index in [1.165, 1.54) is 0 Å². The van der Waals surface area contributed by atoms with Crippen molar-refractivity contribution in [2.45, 2.75) is 69.9 Å². The monoisotopic (exact) mass is 630 g/mol. The van der Waals surface area contributed by atoms with Crippen LogP contribution in [0.15, 0.2) is 16.2 Å². The minimum Gasteiger partial charge on any atom is -0.414 e. The molecule has 1 fully saturated rings. The van der Waals surface area contributed by atoms with Gasteiger partial charge in [0.15, 0.2) is 14.2 Å². The first kappa shape index (κ1) is 34.0. The molecule has 0 bridgehead atoms.